The van der Waals surface area contributed by atoms with E-state index >= 15 is 0 Å². The van der Waals surface area contributed by atoms with E-state index in [0.717, 1.165) is 51.1 Å². The first-order valence-electron chi connectivity index (χ1n) is 13.5. The summed E-state index contributed by atoms with van der Waals surface area (Å²) in [7, 11) is 0. The van der Waals surface area contributed by atoms with Gasteiger partial charge in [0, 0.05) is 33.5 Å². The second-order valence-electron chi connectivity index (χ2n) is 9.96. The van der Waals surface area contributed by atoms with Crippen molar-refractivity contribution in [2.24, 2.45) is 0 Å². The molecule has 0 bridgehead atoms. The Morgan fingerprint density at radius 2 is 1.05 bits per heavy atom. The number of ether oxygens (including phenoxy) is 1. The summed E-state index contributed by atoms with van der Waals surface area (Å²) in [6.45, 7) is 0. The third-order valence-corrected chi connectivity index (χ3v) is 7.53. The van der Waals surface area contributed by atoms with E-state index in [0.29, 0.717) is 0 Å². The highest BCUT2D eigenvalue weighted by atomic mass is 16.5. The van der Waals surface area contributed by atoms with Gasteiger partial charge >= 0.3 is 0 Å². The van der Waals surface area contributed by atoms with Crippen molar-refractivity contribution in [2.75, 3.05) is 10.2 Å². The van der Waals surface area contributed by atoms with Crippen LogP contribution in [0, 0.1) is 0 Å². The van der Waals surface area contributed by atoms with Gasteiger partial charge in [-0.05, 0) is 78.9 Å². The Morgan fingerprint density at radius 1 is 0.450 bits per heavy atom. The van der Waals surface area contributed by atoms with Crippen LogP contribution >= 0.6 is 0 Å². The molecule has 4 heteroatoms. The molecule has 0 saturated carbocycles. The average molecular weight is 516 g/mol. The number of para-hydroxylation sites is 6. The summed E-state index contributed by atoms with van der Waals surface area (Å²) in [6, 6.07) is 50.7. The molecule has 1 aromatic heterocycles. The zero-order chi connectivity index (χ0) is 26.5. The maximum atomic E-state index is 6.21. The molecule has 7 aromatic rings. The van der Waals surface area contributed by atoms with Crippen molar-refractivity contribution in [1.29, 1.82) is 0 Å². The van der Waals surface area contributed by atoms with Crippen molar-refractivity contribution in [3.8, 4) is 17.2 Å². The molecule has 0 atom stereocenters. The van der Waals surface area contributed by atoms with Gasteiger partial charge < -0.3 is 19.5 Å². The van der Waals surface area contributed by atoms with E-state index < -0.39 is 0 Å². The fraction of sp³-hybridized carbons (Fsp3) is 0. The molecule has 1 aliphatic heterocycles. The van der Waals surface area contributed by atoms with Gasteiger partial charge in [-0.1, -0.05) is 66.7 Å². The first-order valence-corrected chi connectivity index (χ1v) is 13.5. The molecule has 0 radical (unpaired) electrons. The molecule has 6 aromatic carbocycles. The Hall–Kier alpha value is -5.48. The number of nitrogens with zero attached hydrogens (tertiary/aromatic N) is 2. The normalized spacial score (nSPS) is 12.2. The molecular weight excluding hydrogens is 490 g/mol. The number of hydrogen-bond donors (Lipinski definition) is 1. The Morgan fingerprint density at radius 3 is 1.80 bits per heavy atom. The maximum Gasteiger partial charge on any atom is 0.151 e. The van der Waals surface area contributed by atoms with E-state index in [4.69, 9.17) is 4.74 Å². The highest BCUT2D eigenvalue weighted by molar-refractivity contribution is 6.10. The second kappa shape index (κ2) is 9.07. The predicted octanol–water partition coefficient (Wildman–Crippen LogP) is 10.1. The Labute approximate surface area is 232 Å². The largest absolute Gasteiger partial charge is 0.453 e. The van der Waals surface area contributed by atoms with Gasteiger partial charge in [0.15, 0.2) is 11.5 Å². The summed E-state index contributed by atoms with van der Waals surface area (Å²) in [5.74, 6) is 1.71. The van der Waals surface area contributed by atoms with E-state index in [-0.39, 0.29) is 0 Å². The number of rotatable bonds is 4. The summed E-state index contributed by atoms with van der Waals surface area (Å²) in [5, 5.41) is 6.03. The van der Waals surface area contributed by atoms with Gasteiger partial charge in [0.05, 0.1) is 22.4 Å². The van der Waals surface area contributed by atoms with Gasteiger partial charge in [0.25, 0.3) is 0 Å². The quantitative estimate of drug-likeness (QED) is 0.253. The number of fused-ring (bicyclic) bond motifs is 5. The van der Waals surface area contributed by atoms with Gasteiger partial charge in [-0.2, -0.15) is 0 Å². The number of nitrogens with one attached hydrogen (secondary N) is 1. The van der Waals surface area contributed by atoms with Crippen LogP contribution in [0.4, 0.5) is 28.4 Å². The SMILES string of the molecule is c1ccc(Nc2ccc3c4ccccc4n(-c4ccc(N5c6ccccc6Oc6ccccc65)cc4)c3c2)cc1. The van der Waals surface area contributed by atoms with E-state index in [9.17, 15) is 0 Å². The third kappa shape index (κ3) is 3.62. The van der Waals surface area contributed by atoms with Crippen molar-refractivity contribution >= 4 is 50.2 Å². The van der Waals surface area contributed by atoms with Crippen LogP contribution in [0.2, 0.25) is 0 Å². The van der Waals surface area contributed by atoms with Crippen LogP contribution in [-0.4, -0.2) is 4.57 Å². The van der Waals surface area contributed by atoms with Gasteiger partial charge in [0.1, 0.15) is 0 Å². The third-order valence-electron chi connectivity index (χ3n) is 7.53. The minimum atomic E-state index is 0.853. The number of anilines is 5. The Bertz CT molecular complexity index is 1960. The number of aromatic nitrogens is 1. The molecule has 190 valence electrons. The standard InChI is InChI=1S/C36H25N3O/c1-2-10-25(11-3-1)37-26-18-23-30-29-12-4-5-13-31(29)38(34(30)24-26)27-19-21-28(22-20-27)39-32-14-6-8-16-35(32)40-36-17-9-7-15-33(36)39/h1-24,37H. The van der Waals surface area contributed by atoms with Gasteiger partial charge in [-0.15, -0.1) is 0 Å². The number of benzene rings is 6. The Balaban J connectivity index is 1.26. The van der Waals surface area contributed by atoms with Crippen LogP contribution in [0.5, 0.6) is 11.5 Å². The van der Waals surface area contributed by atoms with Gasteiger partial charge in [-0.3, -0.25) is 0 Å². The lowest BCUT2D eigenvalue weighted by Crippen LogP contribution is -2.15. The minimum absolute atomic E-state index is 0.853. The maximum absolute atomic E-state index is 6.21. The molecule has 4 nitrogen and oxygen atoms in total. The lowest BCUT2D eigenvalue weighted by Gasteiger charge is -2.32. The minimum Gasteiger partial charge on any atom is -0.453 e. The van der Waals surface area contributed by atoms with Crippen LogP contribution < -0.4 is 15.0 Å². The summed E-state index contributed by atoms with van der Waals surface area (Å²) in [5.41, 5.74) is 8.73. The average Bonchev–Trinajstić information content (AvgIpc) is 3.34. The molecule has 0 amide bonds. The van der Waals surface area contributed by atoms with Crippen LogP contribution in [0.3, 0.4) is 0 Å². The lowest BCUT2D eigenvalue weighted by molar-refractivity contribution is 0.477. The molecule has 2 heterocycles. The van der Waals surface area contributed by atoms with E-state index in [2.05, 4.69) is 118 Å². The Kier molecular flexibility index (Phi) is 5.10. The van der Waals surface area contributed by atoms with E-state index in [1.165, 1.54) is 16.3 Å². The molecule has 0 spiro atoms. The molecule has 0 aliphatic carbocycles. The highest BCUT2D eigenvalue weighted by Gasteiger charge is 2.25. The van der Waals surface area contributed by atoms with Crippen molar-refractivity contribution in [1.82, 2.24) is 4.57 Å². The van der Waals surface area contributed by atoms with E-state index in [1.807, 2.05) is 42.5 Å². The summed E-state index contributed by atoms with van der Waals surface area (Å²) >= 11 is 0. The van der Waals surface area contributed by atoms with Crippen LogP contribution in [0.15, 0.2) is 146 Å². The van der Waals surface area contributed by atoms with Crippen LogP contribution in [0.1, 0.15) is 0 Å². The number of hydrogen-bond acceptors (Lipinski definition) is 3. The summed E-state index contributed by atoms with van der Waals surface area (Å²) in [4.78, 5) is 2.27. The molecule has 40 heavy (non-hydrogen) atoms. The second-order valence-corrected chi connectivity index (χ2v) is 9.96. The zero-order valence-electron chi connectivity index (χ0n) is 21.7. The van der Waals surface area contributed by atoms with Crippen molar-refractivity contribution < 1.29 is 4.74 Å². The molecule has 8 rings (SSSR count). The van der Waals surface area contributed by atoms with E-state index in [1.54, 1.807) is 0 Å². The molecule has 1 aliphatic rings. The molecule has 0 fully saturated rings. The molecule has 1 N–H and O–H groups in total. The predicted molar refractivity (Wildman–Crippen MR) is 165 cm³/mol. The highest BCUT2D eigenvalue weighted by Crippen LogP contribution is 2.50. The first-order chi connectivity index (χ1) is 19.8. The topological polar surface area (TPSA) is 29.4 Å². The van der Waals surface area contributed by atoms with Crippen LogP contribution in [-0.2, 0) is 0 Å². The van der Waals surface area contributed by atoms with Crippen molar-refractivity contribution in [3.63, 3.8) is 0 Å². The van der Waals surface area contributed by atoms with Crippen LogP contribution in [0.25, 0.3) is 27.5 Å². The zero-order valence-corrected chi connectivity index (χ0v) is 21.7. The molecule has 0 unspecified atom stereocenters. The molecular formula is C36H25N3O. The van der Waals surface area contributed by atoms with Crippen molar-refractivity contribution in [2.45, 2.75) is 0 Å². The summed E-state index contributed by atoms with van der Waals surface area (Å²) < 4.78 is 8.56. The summed E-state index contributed by atoms with van der Waals surface area (Å²) in [6.07, 6.45) is 0. The molecule has 0 saturated heterocycles. The monoisotopic (exact) mass is 515 g/mol. The fourth-order valence-electron chi connectivity index (χ4n) is 5.75. The fourth-order valence-corrected chi connectivity index (χ4v) is 5.75. The van der Waals surface area contributed by atoms with Gasteiger partial charge in [0.2, 0.25) is 0 Å². The lowest BCUT2D eigenvalue weighted by atomic mass is 10.1. The first kappa shape index (κ1) is 22.5. The van der Waals surface area contributed by atoms with Gasteiger partial charge in [-0.25, -0.2) is 0 Å². The smallest absolute Gasteiger partial charge is 0.151 e. The van der Waals surface area contributed by atoms with Crippen molar-refractivity contribution in [3.05, 3.63) is 146 Å².